The number of hydrogen-bond acceptors (Lipinski definition) is 6. The van der Waals surface area contributed by atoms with E-state index in [4.69, 9.17) is 19.3 Å². The molecule has 34 heavy (non-hydrogen) atoms. The summed E-state index contributed by atoms with van der Waals surface area (Å²) in [6.07, 6.45) is -0.113. The van der Waals surface area contributed by atoms with E-state index < -0.39 is 12.2 Å². The van der Waals surface area contributed by atoms with Crippen LogP contribution in [0.1, 0.15) is 45.7 Å². The van der Waals surface area contributed by atoms with Crippen molar-refractivity contribution in [2.75, 3.05) is 14.2 Å². The molecule has 2 heterocycles. The molecule has 2 aliphatic rings. The van der Waals surface area contributed by atoms with E-state index in [9.17, 15) is 9.90 Å². The molecule has 5 rings (SSSR count). The number of nitrogens with zero attached hydrogens (tertiary/aromatic N) is 2. The van der Waals surface area contributed by atoms with E-state index in [-0.39, 0.29) is 17.4 Å². The number of methoxy groups -OCH3 is 2. The van der Waals surface area contributed by atoms with Gasteiger partial charge in [-0.25, -0.2) is 9.80 Å². The number of fused-ring (bicyclic) bond motifs is 3. The topological polar surface area (TPSA) is 80.6 Å². The Morgan fingerprint density at radius 3 is 2.44 bits per heavy atom. The van der Waals surface area contributed by atoms with Gasteiger partial charge >= 0.3 is 5.97 Å². The lowest BCUT2D eigenvalue weighted by Crippen LogP contribution is -2.34. The summed E-state index contributed by atoms with van der Waals surface area (Å²) in [4.78, 5) is 12.4. The number of benzene rings is 3. The molecular formula is C25H20Br2N2O5. The molecule has 3 aromatic carbocycles. The molecule has 0 aliphatic carbocycles. The molecule has 0 radical (unpaired) electrons. The van der Waals surface area contributed by atoms with Gasteiger partial charge in [0.1, 0.15) is 11.3 Å². The Labute approximate surface area is 213 Å². The normalized spacial score (nSPS) is 18.5. The van der Waals surface area contributed by atoms with E-state index in [1.165, 1.54) is 14.2 Å². The molecule has 0 spiro atoms. The molecule has 0 bridgehead atoms. The van der Waals surface area contributed by atoms with Crippen molar-refractivity contribution < 1.29 is 24.1 Å². The maximum atomic E-state index is 12.4. The van der Waals surface area contributed by atoms with Crippen molar-refractivity contribution in [2.45, 2.75) is 18.7 Å². The highest BCUT2D eigenvalue weighted by atomic mass is 79.9. The van der Waals surface area contributed by atoms with Crippen LogP contribution in [0, 0.1) is 0 Å². The van der Waals surface area contributed by atoms with Gasteiger partial charge in [-0.05, 0) is 48.0 Å². The summed E-state index contributed by atoms with van der Waals surface area (Å²) in [6, 6.07) is 17.1. The zero-order valence-electron chi connectivity index (χ0n) is 18.3. The Hall–Kier alpha value is -3.04. The molecule has 0 saturated heterocycles. The van der Waals surface area contributed by atoms with Gasteiger partial charge < -0.3 is 19.3 Å². The number of carboxylic acid groups (broad SMARTS) is 1. The Bertz CT molecular complexity index is 1310. The second-order valence-corrected chi connectivity index (χ2v) is 9.71. The van der Waals surface area contributed by atoms with Gasteiger partial charge in [-0.15, -0.1) is 0 Å². The lowest BCUT2D eigenvalue weighted by Gasteiger charge is -2.38. The summed E-state index contributed by atoms with van der Waals surface area (Å²) in [5, 5.41) is 16.9. The van der Waals surface area contributed by atoms with Crippen molar-refractivity contribution in [3.63, 3.8) is 0 Å². The van der Waals surface area contributed by atoms with E-state index in [2.05, 4.69) is 31.9 Å². The van der Waals surface area contributed by atoms with Crippen molar-refractivity contribution in [2.24, 2.45) is 5.10 Å². The summed E-state index contributed by atoms with van der Waals surface area (Å²) in [5.74, 6) is 0.0306. The van der Waals surface area contributed by atoms with Gasteiger partial charge in [0.2, 0.25) is 6.23 Å². The van der Waals surface area contributed by atoms with Crippen LogP contribution in [-0.2, 0) is 0 Å². The van der Waals surface area contributed by atoms with Crippen LogP contribution in [0.3, 0.4) is 0 Å². The van der Waals surface area contributed by atoms with Crippen molar-refractivity contribution in [1.29, 1.82) is 0 Å². The van der Waals surface area contributed by atoms with Gasteiger partial charge in [0, 0.05) is 26.5 Å². The number of carboxylic acids is 1. The van der Waals surface area contributed by atoms with Crippen molar-refractivity contribution >= 4 is 43.5 Å². The highest BCUT2D eigenvalue weighted by molar-refractivity contribution is 9.10. The SMILES string of the molecule is COc1ccc([C@H]2Oc3ccc(Br)cc3[C@H]3CC(c4ccc(Br)cc4)=NN32)c(C(=O)O)c1OC. The van der Waals surface area contributed by atoms with E-state index in [1.807, 2.05) is 47.5 Å². The molecule has 0 aromatic heterocycles. The molecule has 3 aromatic rings. The molecule has 9 heteroatoms. The van der Waals surface area contributed by atoms with Crippen molar-refractivity contribution in [3.8, 4) is 17.2 Å². The van der Waals surface area contributed by atoms with Gasteiger partial charge in [0.25, 0.3) is 0 Å². The average molecular weight is 588 g/mol. The standard InChI is InChI=1S/C25H20Br2N2O5/c1-32-21-10-8-16(22(25(30)31)23(21)33-2)24-29-19(17-11-15(27)7-9-20(17)34-24)12-18(28-29)13-3-5-14(26)6-4-13/h3-11,19,24H,12H2,1-2H3,(H,30,31)/t19-,24-/m1/s1. The molecule has 0 saturated carbocycles. The van der Waals surface area contributed by atoms with Crippen LogP contribution in [0.25, 0.3) is 0 Å². The van der Waals surface area contributed by atoms with Crippen molar-refractivity contribution in [3.05, 3.63) is 85.8 Å². The lowest BCUT2D eigenvalue weighted by molar-refractivity contribution is -0.0199. The van der Waals surface area contributed by atoms with Crippen LogP contribution in [0.4, 0.5) is 0 Å². The third-order valence-corrected chi connectivity index (χ3v) is 7.01. The maximum Gasteiger partial charge on any atom is 0.340 e. The fourth-order valence-electron chi connectivity index (χ4n) is 4.45. The fraction of sp³-hybridized carbons (Fsp3) is 0.200. The third-order valence-electron chi connectivity index (χ3n) is 5.99. The molecule has 174 valence electrons. The first-order valence-electron chi connectivity index (χ1n) is 10.5. The largest absolute Gasteiger partial charge is 0.493 e. The van der Waals surface area contributed by atoms with Crippen LogP contribution in [0.15, 0.2) is 68.6 Å². The lowest BCUT2D eigenvalue weighted by atomic mass is 9.95. The van der Waals surface area contributed by atoms with E-state index in [0.717, 1.165) is 25.8 Å². The molecule has 0 fully saturated rings. The van der Waals surface area contributed by atoms with E-state index in [0.29, 0.717) is 23.5 Å². The summed E-state index contributed by atoms with van der Waals surface area (Å²) < 4.78 is 19.1. The summed E-state index contributed by atoms with van der Waals surface area (Å²) in [5.41, 5.74) is 3.30. The summed E-state index contributed by atoms with van der Waals surface area (Å²) >= 11 is 7.03. The third kappa shape index (κ3) is 3.82. The van der Waals surface area contributed by atoms with Gasteiger partial charge in [-0.3, -0.25) is 0 Å². The molecule has 0 amide bonds. The van der Waals surface area contributed by atoms with Crippen LogP contribution in [0.5, 0.6) is 17.2 Å². The molecule has 2 aliphatic heterocycles. The number of rotatable bonds is 5. The van der Waals surface area contributed by atoms with E-state index >= 15 is 0 Å². The first-order valence-corrected chi connectivity index (χ1v) is 12.1. The summed E-state index contributed by atoms with van der Waals surface area (Å²) in [6.45, 7) is 0. The van der Waals surface area contributed by atoms with Gasteiger partial charge in [0.05, 0.1) is 26.0 Å². The molecule has 0 unspecified atom stereocenters. The van der Waals surface area contributed by atoms with Gasteiger partial charge in [-0.2, -0.15) is 5.10 Å². The number of halogens is 2. The first kappa shape index (κ1) is 22.7. The minimum atomic E-state index is -1.14. The first-order chi connectivity index (χ1) is 16.4. The van der Waals surface area contributed by atoms with Gasteiger partial charge in [-0.1, -0.05) is 44.0 Å². The van der Waals surface area contributed by atoms with E-state index in [1.54, 1.807) is 12.1 Å². The minimum Gasteiger partial charge on any atom is -0.493 e. The Balaban J connectivity index is 1.67. The van der Waals surface area contributed by atoms with Crippen LogP contribution in [0.2, 0.25) is 0 Å². The second-order valence-electron chi connectivity index (χ2n) is 7.88. The maximum absolute atomic E-state index is 12.4. The fourth-order valence-corrected chi connectivity index (χ4v) is 5.09. The van der Waals surface area contributed by atoms with Crippen LogP contribution < -0.4 is 14.2 Å². The molecular weight excluding hydrogens is 568 g/mol. The summed E-state index contributed by atoms with van der Waals surface area (Å²) in [7, 11) is 2.89. The predicted octanol–water partition coefficient (Wildman–Crippen LogP) is 6.17. The van der Waals surface area contributed by atoms with Gasteiger partial charge in [0.15, 0.2) is 11.5 Å². The zero-order chi connectivity index (χ0) is 24.0. The Morgan fingerprint density at radius 2 is 1.76 bits per heavy atom. The molecule has 7 nitrogen and oxygen atoms in total. The molecule has 2 atom stereocenters. The quantitative estimate of drug-likeness (QED) is 0.384. The monoisotopic (exact) mass is 586 g/mol. The van der Waals surface area contributed by atoms with Crippen molar-refractivity contribution in [1.82, 2.24) is 5.01 Å². The highest BCUT2D eigenvalue weighted by Gasteiger charge is 2.43. The number of carbonyl (C=O) groups is 1. The Kier molecular flexibility index (Phi) is 5.99. The molecule has 1 N–H and O–H groups in total. The smallest absolute Gasteiger partial charge is 0.340 e. The highest BCUT2D eigenvalue weighted by Crippen LogP contribution is 2.50. The predicted molar refractivity (Wildman–Crippen MR) is 134 cm³/mol. The van der Waals surface area contributed by atoms with Crippen LogP contribution in [-0.4, -0.2) is 36.0 Å². The zero-order valence-corrected chi connectivity index (χ0v) is 21.5. The number of aromatic carboxylic acids is 1. The average Bonchev–Trinajstić information content (AvgIpc) is 3.29. The number of hydrogen-bond donors (Lipinski definition) is 1. The minimum absolute atomic E-state index is 0.0153. The number of ether oxygens (including phenoxy) is 3. The second kappa shape index (κ2) is 8.96. The van der Waals surface area contributed by atoms with Crippen LogP contribution >= 0.6 is 31.9 Å². The number of hydrazone groups is 1. The Morgan fingerprint density at radius 1 is 1.03 bits per heavy atom.